The second-order valence-electron chi connectivity index (χ2n) is 7.82. The molecule has 1 aliphatic heterocycles. The fourth-order valence-electron chi connectivity index (χ4n) is 2.63. The van der Waals surface area contributed by atoms with Gasteiger partial charge in [-0.1, -0.05) is 51.1 Å². The van der Waals surface area contributed by atoms with Crippen molar-refractivity contribution in [3.63, 3.8) is 0 Å². The molecule has 0 saturated carbocycles. The Morgan fingerprint density at radius 1 is 1.18 bits per heavy atom. The van der Waals surface area contributed by atoms with E-state index >= 15 is 0 Å². The van der Waals surface area contributed by atoms with E-state index in [0.29, 0.717) is 11.1 Å². The van der Waals surface area contributed by atoms with Crippen LogP contribution in [-0.4, -0.2) is 40.8 Å². The summed E-state index contributed by atoms with van der Waals surface area (Å²) in [4.78, 5) is 2.60. The van der Waals surface area contributed by atoms with Gasteiger partial charge in [0.2, 0.25) is 0 Å². The van der Waals surface area contributed by atoms with Crippen LogP contribution in [0.1, 0.15) is 39.2 Å². The van der Waals surface area contributed by atoms with Crippen molar-refractivity contribution >= 4 is 16.7 Å². The molecule has 1 heterocycles. The van der Waals surface area contributed by atoms with E-state index in [9.17, 15) is 0 Å². The molecule has 0 bridgehead atoms. The van der Waals surface area contributed by atoms with Gasteiger partial charge in [0.05, 0.1) is 0 Å². The Morgan fingerprint density at radius 3 is 2.41 bits per heavy atom. The molecule has 1 saturated heterocycles. The Balaban J connectivity index is 0.00000242. The highest BCUT2D eigenvalue weighted by molar-refractivity contribution is 6.74. The van der Waals surface area contributed by atoms with Crippen molar-refractivity contribution in [1.82, 2.24) is 4.90 Å². The summed E-state index contributed by atoms with van der Waals surface area (Å²) in [6.07, 6.45) is 2.58. The standard InChI is InChI=1S/C18H31NOSi.B/c1-18(2,3)21(4,5)20-15-17-12-9-13-19(17)14-16-10-7-6-8-11-16;/h6-8,10-11,17H,9,12-15H2,1-5H3;/t17-;/m0./s1. The molecule has 0 N–H and O–H groups in total. The Labute approximate surface area is 140 Å². The van der Waals surface area contributed by atoms with Gasteiger partial charge in [0, 0.05) is 27.6 Å². The molecule has 1 atom stereocenters. The van der Waals surface area contributed by atoms with Crippen LogP contribution in [0.4, 0.5) is 0 Å². The zero-order chi connectivity index (χ0) is 15.5. The molecule has 3 radical (unpaired) electrons. The van der Waals surface area contributed by atoms with E-state index in [1.165, 1.54) is 24.9 Å². The summed E-state index contributed by atoms with van der Waals surface area (Å²) < 4.78 is 6.44. The van der Waals surface area contributed by atoms with Crippen molar-refractivity contribution < 1.29 is 4.43 Å². The first-order valence-corrected chi connectivity index (χ1v) is 11.1. The van der Waals surface area contributed by atoms with E-state index in [2.05, 4.69) is 69.1 Å². The zero-order valence-corrected chi connectivity index (χ0v) is 15.9. The number of nitrogens with zero attached hydrogens (tertiary/aromatic N) is 1. The molecule has 2 rings (SSSR count). The van der Waals surface area contributed by atoms with E-state index < -0.39 is 8.32 Å². The largest absolute Gasteiger partial charge is 0.415 e. The summed E-state index contributed by atoms with van der Waals surface area (Å²) in [6, 6.07) is 11.4. The number of hydrogen-bond acceptors (Lipinski definition) is 2. The molecule has 0 spiro atoms. The fourth-order valence-corrected chi connectivity index (χ4v) is 3.67. The first-order valence-electron chi connectivity index (χ1n) is 8.21. The number of hydrogen-bond donors (Lipinski definition) is 0. The van der Waals surface area contributed by atoms with E-state index in [4.69, 9.17) is 4.43 Å². The SMILES string of the molecule is CC(C)(C)[Si](C)(C)OC[C@@H]1CCCN1Cc1ccccc1.[B]. The van der Waals surface area contributed by atoms with Gasteiger partial charge in [-0.15, -0.1) is 0 Å². The predicted molar refractivity (Wildman–Crippen MR) is 98.8 cm³/mol. The maximum Gasteiger partial charge on any atom is 0.192 e. The van der Waals surface area contributed by atoms with Crippen molar-refractivity contribution in [2.45, 2.75) is 64.3 Å². The Bertz CT molecular complexity index is 444. The van der Waals surface area contributed by atoms with E-state index in [0.717, 1.165) is 13.2 Å². The number of benzene rings is 1. The highest BCUT2D eigenvalue weighted by atomic mass is 28.4. The maximum atomic E-state index is 6.44. The van der Waals surface area contributed by atoms with Gasteiger partial charge in [-0.2, -0.15) is 0 Å². The lowest BCUT2D eigenvalue weighted by molar-refractivity contribution is 0.157. The third-order valence-corrected chi connectivity index (χ3v) is 9.67. The molecule has 1 fully saturated rings. The quantitative estimate of drug-likeness (QED) is 0.751. The van der Waals surface area contributed by atoms with Crippen LogP contribution >= 0.6 is 0 Å². The third kappa shape index (κ3) is 4.97. The lowest BCUT2D eigenvalue weighted by Gasteiger charge is -2.38. The van der Waals surface area contributed by atoms with Gasteiger partial charge in [0.25, 0.3) is 0 Å². The van der Waals surface area contributed by atoms with Crippen LogP contribution in [0.2, 0.25) is 18.1 Å². The van der Waals surface area contributed by atoms with Gasteiger partial charge in [-0.25, -0.2) is 0 Å². The Morgan fingerprint density at radius 2 is 1.82 bits per heavy atom. The first kappa shape index (κ1) is 19.5. The fraction of sp³-hybridized carbons (Fsp3) is 0.667. The predicted octanol–water partition coefficient (Wildman–Crippen LogP) is 4.29. The normalized spacial score (nSPS) is 20.0. The average molecular weight is 316 g/mol. The van der Waals surface area contributed by atoms with Crippen molar-refractivity contribution in [3.8, 4) is 0 Å². The van der Waals surface area contributed by atoms with E-state index in [1.807, 2.05) is 0 Å². The molecule has 1 aliphatic rings. The molecule has 0 aromatic heterocycles. The summed E-state index contributed by atoms with van der Waals surface area (Å²) in [5.41, 5.74) is 1.41. The summed E-state index contributed by atoms with van der Waals surface area (Å²) >= 11 is 0. The number of likely N-dealkylation sites (tertiary alicyclic amines) is 1. The average Bonchev–Trinajstić information content (AvgIpc) is 2.84. The highest BCUT2D eigenvalue weighted by Crippen LogP contribution is 2.37. The smallest absolute Gasteiger partial charge is 0.192 e. The molecule has 0 aliphatic carbocycles. The minimum Gasteiger partial charge on any atom is -0.415 e. The highest BCUT2D eigenvalue weighted by Gasteiger charge is 2.38. The summed E-state index contributed by atoms with van der Waals surface area (Å²) in [5, 5.41) is 0.301. The van der Waals surface area contributed by atoms with Gasteiger partial charge in [0.1, 0.15) is 0 Å². The van der Waals surface area contributed by atoms with Crippen LogP contribution < -0.4 is 0 Å². The second-order valence-corrected chi connectivity index (χ2v) is 12.6. The van der Waals surface area contributed by atoms with E-state index in [-0.39, 0.29) is 8.41 Å². The molecule has 121 valence electrons. The van der Waals surface area contributed by atoms with Crippen LogP contribution in [0.25, 0.3) is 0 Å². The molecular weight excluding hydrogens is 285 g/mol. The maximum absolute atomic E-state index is 6.44. The van der Waals surface area contributed by atoms with Crippen LogP contribution in [-0.2, 0) is 11.0 Å². The molecule has 2 nitrogen and oxygen atoms in total. The topological polar surface area (TPSA) is 12.5 Å². The van der Waals surface area contributed by atoms with Gasteiger partial charge in [-0.3, -0.25) is 4.90 Å². The van der Waals surface area contributed by atoms with Crippen molar-refractivity contribution in [2.75, 3.05) is 13.2 Å². The Hall–Kier alpha value is -0.578. The van der Waals surface area contributed by atoms with Crippen LogP contribution in [0.5, 0.6) is 0 Å². The lowest BCUT2D eigenvalue weighted by atomic mass is 10.2. The summed E-state index contributed by atoms with van der Waals surface area (Å²) in [6.45, 7) is 14.8. The number of rotatable bonds is 5. The monoisotopic (exact) mass is 316 g/mol. The van der Waals surface area contributed by atoms with Gasteiger partial charge < -0.3 is 4.43 Å². The van der Waals surface area contributed by atoms with Crippen molar-refractivity contribution in [3.05, 3.63) is 35.9 Å². The summed E-state index contributed by atoms with van der Waals surface area (Å²) in [5.74, 6) is 0. The van der Waals surface area contributed by atoms with Crippen LogP contribution in [0.15, 0.2) is 30.3 Å². The van der Waals surface area contributed by atoms with Crippen molar-refractivity contribution in [2.24, 2.45) is 0 Å². The second kappa shape index (κ2) is 7.80. The third-order valence-electron chi connectivity index (χ3n) is 5.17. The molecule has 1 aromatic carbocycles. The molecular formula is C18H31BNOSi. The summed E-state index contributed by atoms with van der Waals surface area (Å²) in [7, 11) is -1.62. The van der Waals surface area contributed by atoms with Crippen LogP contribution in [0, 0.1) is 0 Å². The minimum atomic E-state index is -1.62. The lowest BCUT2D eigenvalue weighted by Crippen LogP contribution is -2.44. The molecule has 0 unspecified atom stereocenters. The first-order chi connectivity index (χ1) is 9.79. The zero-order valence-electron chi connectivity index (χ0n) is 14.9. The minimum absolute atomic E-state index is 0. The molecule has 22 heavy (non-hydrogen) atoms. The van der Waals surface area contributed by atoms with Crippen LogP contribution in [0.3, 0.4) is 0 Å². The van der Waals surface area contributed by atoms with Gasteiger partial charge >= 0.3 is 0 Å². The molecule has 0 amide bonds. The molecule has 1 aromatic rings. The molecule has 4 heteroatoms. The Kier molecular flexibility index (Phi) is 6.90. The van der Waals surface area contributed by atoms with Gasteiger partial charge in [0.15, 0.2) is 8.32 Å². The van der Waals surface area contributed by atoms with E-state index in [1.54, 1.807) is 0 Å². The van der Waals surface area contributed by atoms with Gasteiger partial charge in [-0.05, 0) is 43.1 Å². The van der Waals surface area contributed by atoms with Crippen molar-refractivity contribution in [1.29, 1.82) is 0 Å².